The summed E-state index contributed by atoms with van der Waals surface area (Å²) in [5, 5.41) is 9.19. The SMILES string of the molecule is CCCCCCCCC[C@H](CC(=O)OC(C)(C)C)C(=O)O. The molecule has 0 amide bonds. The molecule has 0 aromatic heterocycles. The standard InChI is InChI=1S/C17H32O4/c1-5-6-7-8-9-10-11-12-14(16(19)20)13-15(18)21-17(2,3)4/h14H,5-13H2,1-4H3,(H,19,20)/t14-/m1/s1. The quantitative estimate of drug-likeness (QED) is 0.449. The van der Waals surface area contributed by atoms with Crippen molar-refractivity contribution in [3.8, 4) is 0 Å². The van der Waals surface area contributed by atoms with Crippen LogP contribution in [0.2, 0.25) is 0 Å². The number of carbonyl (C=O) groups excluding carboxylic acids is 1. The number of rotatable bonds is 11. The first-order valence-electron chi connectivity index (χ1n) is 8.21. The van der Waals surface area contributed by atoms with Crippen molar-refractivity contribution in [3.63, 3.8) is 0 Å². The third-order valence-electron chi connectivity index (χ3n) is 3.34. The van der Waals surface area contributed by atoms with E-state index in [1.54, 1.807) is 20.8 Å². The molecule has 0 aromatic rings. The maximum Gasteiger partial charge on any atom is 0.307 e. The summed E-state index contributed by atoms with van der Waals surface area (Å²) in [4.78, 5) is 22.9. The lowest BCUT2D eigenvalue weighted by Gasteiger charge is -2.21. The van der Waals surface area contributed by atoms with Crippen LogP contribution in [0.4, 0.5) is 0 Å². The lowest BCUT2D eigenvalue weighted by molar-refractivity contribution is -0.160. The zero-order chi connectivity index (χ0) is 16.3. The molecule has 4 heteroatoms. The van der Waals surface area contributed by atoms with E-state index in [2.05, 4.69) is 6.92 Å². The molecule has 0 unspecified atom stereocenters. The zero-order valence-corrected chi connectivity index (χ0v) is 14.1. The van der Waals surface area contributed by atoms with E-state index in [9.17, 15) is 14.7 Å². The normalized spacial score (nSPS) is 13.0. The minimum absolute atomic E-state index is 0.0254. The highest BCUT2D eigenvalue weighted by molar-refractivity contribution is 5.78. The summed E-state index contributed by atoms with van der Waals surface area (Å²) in [6.45, 7) is 7.55. The van der Waals surface area contributed by atoms with Crippen molar-refractivity contribution in [1.82, 2.24) is 0 Å². The highest BCUT2D eigenvalue weighted by Gasteiger charge is 2.24. The molecule has 0 heterocycles. The smallest absolute Gasteiger partial charge is 0.307 e. The lowest BCUT2D eigenvalue weighted by Crippen LogP contribution is -2.27. The predicted octanol–water partition coefficient (Wildman–Crippen LogP) is 4.56. The molecule has 0 saturated carbocycles. The molecular weight excluding hydrogens is 268 g/mol. The minimum atomic E-state index is -0.896. The molecule has 0 fully saturated rings. The molecule has 124 valence electrons. The van der Waals surface area contributed by atoms with Crippen LogP contribution in [0.5, 0.6) is 0 Å². The van der Waals surface area contributed by atoms with E-state index in [4.69, 9.17) is 4.74 Å². The van der Waals surface area contributed by atoms with Crippen molar-refractivity contribution in [2.24, 2.45) is 5.92 Å². The van der Waals surface area contributed by atoms with E-state index >= 15 is 0 Å². The van der Waals surface area contributed by atoms with Crippen molar-refractivity contribution < 1.29 is 19.4 Å². The molecule has 0 radical (unpaired) electrons. The fraction of sp³-hybridized carbons (Fsp3) is 0.882. The number of carboxylic acid groups (broad SMARTS) is 1. The van der Waals surface area contributed by atoms with Gasteiger partial charge in [-0.25, -0.2) is 0 Å². The van der Waals surface area contributed by atoms with E-state index in [-0.39, 0.29) is 6.42 Å². The largest absolute Gasteiger partial charge is 0.481 e. The first kappa shape index (κ1) is 19.9. The molecule has 0 spiro atoms. The Bertz CT molecular complexity index is 304. The zero-order valence-electron chi connectivity index (χ0n) is 14.1. The molecule has 0 bridgehead atoms. The number of hydrogen-bond acceptors (Lipinski definition) is 3. The maximum atomic E-state index is 11.7. The van der Waals surface area contributed by atoms with Gasteiger partial charge in [-0.15, -0.1) is 0 Å². The van der Waals surface area contributed by atoms with E-state index in [0.717, 1.165) is 19.3 Å². The van der Waals surface area contributed by atoms with Crippen LogP contribution in [-0.4, -0.2) is 22.6 Å². The van der Waals surface area contributed by atoms with Crippen LogP contribution in [0, 0.1) is 5.92 Å². The third kappa shape index (κ3) is 12.4. The van der Waals surface area contributed by atoms with E-state index < -0.39 is 23.5 Å². The Labute approximate surface area is 129 Å². The summed E-state index contributed by atoms with van der Waals surface area (Å²) >= 11 is 0. The molecule has 4 nitrogen and oxygen atoms in total. The van der Waals surface area contributed by atoms with Crippen LogP contribution >= 0.6 is 0 Å². The molecule has 1 atom stereocenters. The Morgan fingerprint density at radius 1 is 1.00 bits per heavy atom. The van der Waals surface area contributed by atoms with Crippen LogP contribution in [0.15, 0.2) is 0 Å². The van der Waals surface area contributed by atoms with Gasteiger partial charge in [0.05, 0.1) is 12.3 Å². The van der Waals surface area contributed by atoms with Gasteiger partial charge in [0.25, 0.3) is 0 Å². The van der Waals surface area contributed by atoms with Gasteiger partial charge in [-0.1, -0.05) is 51.9 Å². The summed E-state index contributed by atoms with van der Waals surface area (Å²) in [7, 11) is 0. The summed E-state index contributed by atoms with van der Waals surface area (Å²) in [5.41, 5.74) is -0.556. The van der Waals surface area contributed by atoms with Crippen LogP contribution < -0.4 is 0 Å². The highest BCUT2D eigenvalue weighted by atomic mass is 16.6. The van der Waals surface area contributed by atoms with Gasteiger partial charge in [-0.2, -0.15) is 0 Å². The second kappa shape index (κ2) is 10.6. The van der Waals surface area contributed by atoms with Gasteiger partial charge in [-0.05, 0) is 27.2 Å². The second-order valence-electron chi connectivity index (χ2n) is 6.74. The monoisotopic (exact) mass is 300 g/mol. The lowest BCUT2D eigenvalue weighted by atomic mass is 9.97. The number of carboxylic acids is 1. The van der Waals surface area contributed by atoms with Gasteiger partial charge >= 0.3 is 11.9 Å². The highest BCUT2D eigenvalue weighted by Crippen LogP contribution is 2.18. The van der Waals surface area contributed by atoms with E-state index in [1.807, 2.05) is 0 Å². The number of carbonyl (C=O) groups is 2. The Kier molecular flexibility index (Phi) is 10.1. The molecule has 0 aliphatic heterocycles. The van der Waals surface area contributed by atoms with Crippen LogP contribution in [0.3, 0.4) is 0 Å². The predicted molar refractivity (Wildman–Crippen MR) is 84.2 cm³/mol. The van der Waals surface area contributed by atoms with Gasteiger partial charge in [0.2, 0.25) is 0 Å². The van der Waals surface area contributed by atoms with Crippen LogP contribution in [-0.2, 0) is 14.3 Å². The van der Waals surface area contributed by atoms with Crippen molar-refractivity contribution in [2.45, 2.75) is 91.1 Å². The maximum absolute atomic E-state index is 11.7. The average Bonchev–Trinajstić information content (AvgIpc) is 2.33. The Morgan fingerprint density at radius 3 is 2.00 bits per heavy atom. The van der Waals surface area contributed by atoms with Gasteiger partial charge in [-0.3, -0.25) is 9.59 Å². The van der Waals surface area contributed by atoms with E-state index in [0.29, 0.717) is 6.42 Å². The molecule has 1 N–H and O–H groups in total. The number of unbranched alkanes of at least 4 members (excludes halogenated alkanes) is 6. The summed E-state index contributed by atoms with van der Waals surface area (Å²) in [6, 6.07) is 0. The van der Waals surface area contributed by atoms with Crippen molar-refractivity contribution >= 4 is 11.9 Å². The molecule has 0 saturated heterocycles. The van der Waals surface area contributed by atoms with Crippen molar-refractivity contribution in [3.05, 3.63) is 0 Å². The number of hydrogen-bond donors (Lipinski definition) is 1. The Hall–Kier alpha value is -1.06. The molecule has 0 aliphatic rings. The molecule has 0 aliphatic carbocycles. The fourth-order valence-electron chi connectivity index (χ4n) is 2.25. The topological polar surface area (TPSA) is 63.6 Å². The number of esters is 1. The molecular formula is C17H32O4. The van der Waals surface area contributed by atoms with Gasteiger partial charge in [0.1, 0.15) is 5.60 Å². The minimum Gasteiger partial charge on any atom is -0.481 e. The summed E-state index contributed by atoms with van der Waals surface area (Å²) < 4.78 is 5.19. The summed E-state index contributed by atoms with van der Waals surface area (Å²) in [5.74, 6) is -1.93. The number of aliphatic carboxylic acids is 1. The van der Waals surface area contributed by atoms with Crippen molar-refractivity contribution in [2.75, 3.05) is 0 Å². The number of ether oxygens (including phenoxy) is 1. The van der Waals surface area contributed by atoms with Crippen LogP contribution in [0.1, 0.15) is 85.5 Å². The fourth-order valence-corrected chi connectivity index (χ4v) is 2.25. The Morgan fingerprint density at radius 2 is 1.52 bits per heavy atom. The van der Waals surface area contributed by atoms with Gasteiger partial charge in [0, 0.05) is 0 Å². The molecule has 21 heavy (non-hydrogen) atoms. The van der Waals surface area contributed by atoms with Crippen LogP contribution in [0.25, 0.3) is 0 Å². The molecule has 0 aromatic carbocycles. The Balaban J connectivity index is 3.93. The average molecular weight is 300 g/mol. The first-order valence-corrected chi connectivity index (χ1v) is 8.21. The van der Waals surface area contributed by atoms with E-state index in [1.165, 1.54) is 25.7 Å². The van der Waals surface area contributed by atoms with Gasteiger partial charge in [0.15, 0.2) is 0 Å². The third-order valence-corrected chi connectivity index (χ3v) is 3.34. The molecule has 0 rings (SSSR count). The second-order valence-corrected chi connectivity index (χ2v) is 6.74. The summed E-state index contributed by atoms with van der Waals surface area (Å²) in [6.07, 6.45) is 8.58. The van der Waals surface area contributed by atoms with Gasteiger partial charge < -0.3 is 9.84 Å². The van der Waals surface area contributed by atoms with Crippen molar-refractivity contribution in [1.29, 1.82) is 0 Å². The first-order chi connectivity index (χ1) is 9.76.